The molecule has 2 atom stereocenters. The summed E-state index contributed by atoms with van der Waals surface area (Å²) in [7, 11) is 1.65. The number of methoxy groups -OCH3 is 1. The van der Waals surface area contributed by atoms with Crippen molar-refractivity contribution in [3.8, 4) is 5.75 Å². The third-order valence-corrected chi connectivity index (χ3v) is 6.51. The van der Waals surface area contributed by atoms with Gasteiger partial charge in [-0.05, 0) is 49.4 Å². The molecule has 0 fully saturated rings. The fraction of sp³-hybridized carbons (Fsp3) is 0.462. The molecule has 0 aliphatic rings. The summed E-state index contributed by atoms with van der Waals surface area (Å²) >= 11 is 1.57. The molecule has 2 aromatic carbocycles. The zero-order valence-electron chi connectivity index (χ0n) is 19.7. The van der Waals surface area contributed by atoms with E-state index in [-0.39, 0.29) is 17.9 Å². The molecule has 0 radical (unpaired) electrons. The summed E-state index contributed by atoms with van der Waals surface area (Å²) in [5.74, 6) is 1.83. The number of amides is 2. The van der Waals surface area contributed by atoms with Crippen LogP contribution in [0.1, 0.15) is 44.7 Å². The van der Waals surface area contributed by atoms with Crippen molar-refractivity contribution >= 4 is 23.6 Å². The fourth-order valence-electron chi connectivity index (χ4n) is 3.40. The van der Waals surface area contributed by atoms with Gasteiger partial charge in [0.25, 0.3) is 0 Å². The lowest BCUT2D eigenvalue weighted by atomic mass is 10.1. The van der Waals surface area contributed by atoms with Crippen LogP contribution in [0.4, 0.5) is 0 Å². The van der Waals surface area contributed by atoms with Crippen LogP contribution in [0, 0.1) is 0 Å². The Kier molecular flexibility index (Phi) is 11.2. The van der Waals surface area contributed by atoms with Crippen LogP contribution in [0.3, 0.4) is 0 Å². The molecule has 1 N–H and O–H groups in total. The number of nitrogens with one attached hydrogen (secondary N) is 1. The third-order valence-electron chi connectivity index (χ3n) is 5.52. The van der Waals surface area contributed by atoms with Gasteiger partial charge in [0.05, 0.1) is 12.9 Å². The molecule has 2 rings (SSSR count). The summed E-state index contributed by atoms with van der Waals surface area (Å²) in [6.45, 7) is 6.53. The van der Waals surface area contributed by atoms with Gasteiger partial charge in [-0.15, -0.1) is 11.8 Å². The maximum Gasteiger partial charge on any atom is 0.243 e. The molecule has 32 heavy (non-hydrogen) atoms. The second-order valence-corrected chi connectivity index (χ2v) is 8.89. The molecular weight excluding hydrogens is 420 g/mol. The molecule has 0 spiro atoms. The molecule has 0 unspecified atom stereocenters. The molecular formula is C26H36N2O3S. The van der Waals surface area contributed by atoms with E-state index in [2.05, 4.69) is 17.4 Å². The molecule has 0 heterocycles. The van der Waals surface area contributed by atoms with Gasteiger partial charge in [-0.3, -0.25) is 9.59 Å². The van der Waals surface area contributed by atoms with Gasteiger partial charge >= 0.3 is 0 Å². The maximum absolute atomic E-state index is 13.2. The highest BCUT2D eigenvalue weighted by molar-refractivity contribution is 7.99. The zero-order valence-corrected chi connectivity index (χ0v) is 20.5. The Morgan fingerprint density at radius 3 is 2.28 bits per heavy atom. The van der Waals surface area contributed by atoms with Gasteiger partial charge < -0.3 is 15.0 Å². The summed E-state index contributed by atoms with van der Waals surface area (Å²) in [5, 5.41) is 3.06. The lowest BCUT2D eigenvalue weighted by molar-refractivity contribution is -0.139. The van der Waals surface area contributed by atoms with Crippen molar-refractivity contribution in [2.24, 2.45) is 0 Å². The number of carbonyl (C=O) groups excluding carboxylic acids is 2. The summed E-state index contributed by atoms with van der Waals surface area (Å²) in [6.07, 6.45) is 2.17. The number of hydrogen-bond acceptors (Lipinski definition) is 4. The van der Waals surface area contributed by atoms with Crippen LogP contribution in [-0.4, -0.2) is 48.2 Å². The molecule has 0 saturated carbocycles. The Labute approximate surface area is 196 Å². The number of thioether (sulfide) groups is 1. The van der Waals surface area contributed by atoms with Gasteiger partial charge in [-0.1, -0.05) is 56.3 Å². The molecule has 0 saturated heterocycles. The first kappa shape index (κ1) is 25.8. The minimum absolute atomic E-state index is 0.00518. The van der Waals surface area contributed by atoms with E-state index in [1.165, 1.54) is 0 Å². The minimum Gasteiger partial charge on any atom is -0.497 e. The van der Waals surface area contributed by atoms with E-state index in [4.69, 9.17) is 4.74 Å². The quantitative estimate of drug-likeness (QED) is 0.475. The van der Waals surface area contributed by atoms with Crippen molar-refractivity contribution in [3.05, 3.63) is 65.7 Å². The molecule has 2 amide bonds. The topological polar surface area (TPSA) is 58.6 Å². The highest BCUT2D eigenvalue weighted by atomic mass is 32.2. The minimum atomic E-state index is -0.457. The number of benzene rings is 2. The van der Waals surface area contributed by atoms with E-state index < -0.39 is 6.04 Å². The number of rotatable bonds is 13. The summed E-state index contributed by atoms with van der Waals surface area (Å²) in [5.41, 5.74) is 2.30. The molecule has 0 aliphatic heterocycles. The normalized spacial score (nSPS) is 12.6. The molecule has 5 nitrogen and oxygen atoms in total. The largest absolute Gasteiger partial charge is 0.497 e. The average molecular weight is 457 g/mol. The molecule has 0 bridgehead atoms. The summed E-state index contributed by atoms with van der Waals surface area (Å²) < 4.78 is 5.20. The molecule has 0 aromatic heterocycles. The molecule has 174 valence electrons. The smallest absolute Gasteiger partial charge is 0.243 e. The predicted molar refractivity (Wildman–Crippen MR) is 133 cm³/mol. The Morgan fingerprint density at radius 1 is 1.00 bits per heavy atom. The second kappa shape index (κ2) is 13.8. The molecule has 0 aliphatic carbocycles. The first-order valence-electron chi connectivity index (χ1n) is 11.3. The van der Waals surface area contributed by atoms with E-state index in [1.54, 1.807) is 23.8 Å². The van der Waals surface area contributed by atoms with E-state index in [9.17, 15) is 9.59 Å². The van der Waals surface area contributed by atoms with Gasteiger partial charge in [0.15, 0.2) is 0 Å². The van der Waals surface area contributed by atoms with E-state index in [0.717, 1.165) is 35.5 Å². The zero-order chi connectivity index (χ0) is 23.3. The summed E-state index contributed by atoms with van der Waals surface area (Å²) in [4.78, 5) is 27.9. The average Bonchev–Trinajstić information content (AvgIpc) is 2.82. The highest BCUT2D eigenvalue weighted by Crippen LogP contribution is 2.18. The Morgan fingerprint density at radius 2 is 1.69 bits per heavy atom. The second-order valence-electron chi connectivity index (χ2n) is 7.91. The van der Waals surface area contributed by atoms with Crippen molar-refractivity contribution in [1.82, 2.24) is 10.2 Å². The molecule has 2 aromatic rings. The van der Waals surface area contributed by atoms with Crippen molar-refractivity contribution in [2.75, 3.05) is 19.4 Å². The van der Waals surface area contributed by atoms with Gasteiger partial charge in [0, 0.05) is 18.3 Å². The first-order chi connectivity index (χ1) is 15.5. The van der Waals surface area contributed by atoms with Crippen LogP contribution in [0.5, 0.6) is 5.75 Å². The Balaban J connectivity index is 2.04. The lowest BCUT2D eigenvalue weighted by Gasteiger charge is -2.31. The van der Waals surface area contributed by atoms with Crippen LogP contribution in [0.15, 0.2) is 54.6 Å². The number of hydrogen-bond donors (Lipinski definition) is 1. The van der Waals surface area contributed by atoms with Crippen LogP contribution in [-0.2, 0) is 21.8 Å². The van der Waals surface area contributed by atoms with Gasteiger partial charge in [0.1, 0.15) is 11.8 Å². The van der Waals surface area contributed by atoms with Crippen molar-refractivity contribution < 1.29 is 14.3 Å². The maximum atomic E-state index is 13.2. The van der Waals surface area contributed by atoms with Gasteiger partial charge in [0.2, 0.25) is 11.8 Å². The first-order valence-corrected chi connectivity index (χ1v) is 12.5. The predicted octanol–water partition coefficient (Wildman–Crippen LogP) is 4.69. The monoisotopic (exact) mass is 456 g/mol. The van der Waals surface area contributed by atoms with E-state index in [1.807, 2.05) is 63.2 Å². The van der Waals surface area contributed by atoms with Crippen LogP contribution >= 0.6 is 11.8 Å². The van der Waals surface area contributed by atoms with Crippen molar-refractivity contribution in [3.63, 3.8) is 0 Å². The molecule has 6 heteroatoms. The highest BCUT2D eigenvalue weighted by Gasteiger charge is 2.28. The van der Waals surface area contributed by atoms with Gasteiger partial charge in [-0.25, -0.2) is 0 Å². The third kappa shape index (κ3) is 8.23. The summed E-state index contributed by atoms with van der Waals surface area (Å²) in [6, 6.07) is 17.6. The number of nitrogens with zero attached hydrogens (tertiary/aromatic N) is 1. The van der Waals surface area contributed by atoms with Crippen molar-refractivity contribution in [2.45, 2.75) is 57.9 Å². The Hall–Kier alpha value is -2.47. The standard InChI is InChI=1S/C26H36N2O3S/c1-5-20(3)27-26(30)24(6-2)28(17-16-21-10-8-7-9-11-21)25(29)19-32-18-22-12-14-23(31-4)15-13-22/h7-15,20,24H,5-6,16-19H2,1-4H3,(H,27,30)/t20-,24-/m0/s1. The number of ether oxygens (including phenoxy) is 1. The van der Waals surface area contributed by atoms with E-state index >= 15 is 0 Å². The van der Waals surface area contributed by atoms with Crippen molar-refractivity contribution in [1.29, 1.82) is 0 Å². The van der Waals surface area contributed by atoms with E-state index in [0.29, 0.717) is 18.7 Å². The SMILES string of the molecule is CC[C@H](C)NC(=O)[C@H](CC)N(CCc1ccccc1)C(=O)CSCc1ccc(OC)cc1. The van der Waals surface area contributed by atoms with Gasteiger partial charge in [-0.2, -0.15) is 0 Å². The lowest BCUT2D eigenvalue weighted by Crippen LogP contribution is -2.52. The van der Waals surface area contributed by atoms with Crippen LogP contribution < -0.4 is 10.1 Å². The Bertz CT molecular complexity index is 827. The number of carbonyl (C=O) groups is 2. The fourth-order valence-corrected chi connectivity index (χ4v) is 4.27. The van der Waals surface area contributed by atoms with Crippen LogP contribution in [0.2, 0.25) is 0 Å². The van der Waals surface area contributed by atoms with Crippen LogP contribution in [0.25, 0.3) is 0 Å².